The van der Waals surface area contributed by atoms with Gasteiger partial charge in [-0.15, -0.1) is 6.58 Å². The van der Waals surface area contributed by atoms with Crippen LogP contribution in [-0.4, -0.2) is 18.9 Å². The first kappa shape index (κ1) is 22.7. The van der Waals surface area contributed by atoms with E-state index >= 15 is 0 Å². The van der Waals surface area contributed by atoms with E-state index in [0.717, 1.165) is 12.8 Å². The van der Waals surface area contributed by atoms with Crippen LogP contribution in [0.5, 0.6) is 0 Å². The molecular weight excluding hydrogens is 212 g/mol. The van der Waals surface area contributed by atoms with E-state index < -0.39 is 0 Å². The Bertz CT molecular complexity index is 33.6. The van der Waals surface area contributed by atoms with Crippen molar-refractivity contribution in [2.45, 2.75) is 12.8 Å². The maximum atomic E-state index is 5.07. The number of hydrogen-bond acceptors (Lipinski definition) is 0. The van der Waals surface area contributed by atoms with E-state index in [9.17, 15) is 0 Å². The van der Waals surface area contributed by atoms with E-state index in [1.165, 1.54) is 0 Å². The molecule has 8 heavy (non-hydrogen) atoms. The van der Waals surface area contributed by atoms with E-state index in [4.69, 9.17) is 6.92 Å². The zero-order chi connectivity index (χ0) is 4.12. The Morgan fingerprint density at radius 1 is 1.50 bits per heavy atom. The van der Waals surface area contributed by atoms with Crippen LogP contribution in [0.15, 0.2) is 12.7 Å². The van der Waals surface area contributed by atoms with Crippen LogP contribution in [0.25, 0.3) is 0 Å². The summed E-state index contributed by atoms with van der Waals surface area (Å²) in [5.74, 6) is 0. The van der Waals surface area contributed by atoms with Crippen LogP contribution < -0.4 is 17.0 Å². The molecule has 0 spiro atoms. The molecule has 0 fully saturated rings. The van der Waals surface area contributed by atoms with Gasteiger partial charge >= 0.3 is 0 Å². The van der Waals surface area contributed by atoms with Crippen molar-refractivity contribution in [2.75, 3.05) is 0 Å². The SMILES string of the molecule is [Br-].[CH]CCC=C.[Li].[Zn]. The molecular formula is C5H8BrLiZn-. The number of allylic oxidation sites excluding steroid dienone is 1. The number of halogens is 1. The molecule has 0 aromatic rings. The van der Waals surface area contributed by atoms with Gasteiger partial charge in [0.05, 0.1) is 0 Å². The molecule has 0 rings (SSSR count). The van der Waals surface area contributed by atoms with Crippen molar-refractivity contribution in [1.82, 2.24) is 0 Å². The standard InChI is InChI=1S/C5H8.BrH.Li.Zn/c1-3-5-4-2;;;/h1,4H,2-3,5H2;1H;;/p-1. The van der Waals surface area contributed by atoms with Crippen molar-refractivity contribution in [3.05, 3.63) is 19.6 Å². The predicted octanol–water partition coefficient (Wildman–Crippen LogP) is -1.72. The monoisotopic (exact) mass is 218 g/mol. The molecule has 0 saturated carbocycles. The summed E-state index contributed by atoms with van der Waals surface area (Å²) in [6, 6.07) is 0. The Hall–Kier alpha value is 1.44. The summed E-state index contributed by atoms with van der Waals surface area (Å²) in [5.41, 5.74) is 0. The van der Waals surface area contributed by atoms with Gasteiger partial charge in [0.2, 0.25) is 0 Å². The zero-order valence-electron chi connectivity index (χ0n) is 5.36. The molecule has 0 aromatic heterocycles. The molecule has 0 aliphatic carbocycles. The Morgan fingerprint density at radius 3 is 1.88 bits per heavy atom. The maximum Gasteiger partial charge on any atom is 0 e. The van der Waals surface area contributed by atoms with Gasteiger partial charge in [-0.1, -0.05) is 6.08 Å². The fourth-order valence-corrected chi connectivity index (χ4v) is 0.118. The summed E-state index contributed by atoms with van der Waals surface area (Å²) in [6.45, 7) is 8.54. The van der Waals surface area contributed by atoms with Crippen molar-refractivity contribution in [3.63, 3.8) is 0 Å². The zero-order valence-corrected chi connectivity index (χ0v) is 9.91. The van der Waals surface area contributed by atoms with E-state index in [-0.39, 0.29) is 55.3 Å². The minimum absolute atomic E-state index is 0. The van der Waals surface area contributed by atoms with Gasteiger partial charge in [0.25, 0.3) is 0 Å². The fraction of sp³-hybridized carbons (Fsp3) is 0.400. The van der Waals surface area contributed by atoms with Crippen molar-refractivity contribution in [2.24, 2.45) is 0 Å². The number of unbranched alkanes of at least 4 members (excludes halogenated alkanes) is 1. The van der Waals surface area contributed by atoms with Crippen molar-refractivity contribution < 1.29 is 36.5 Å². The summed E-state index contributed by atoms with van der Waals surface area (Å²) < 4.78 is 0. The second-order valence-electron chi connectivity index (χ2n) is 0.866. The summed E-state index contributed by atoms with van der Waals surface area (Å²) in [5, 5.41) is 0. The second-order valence-corrected chi connectivity index (χ2v) is 0.866. The average molecular weight is 220 g/mol. The molecule has 39 valence electrons. The number of rotatable bonds is 2. The smallest absolute Gasteiger partial charge is 0 e. The number of hydrogen-bond donors (Lipinski definition) is 0. The van der Waals surface area contributed by atoms with Gasteiger partial charge in [0, 0.05) is 38.3 Å². The molecule has 0 aliphatic rings. The van der Waals surface area contributed by atoms with Crippen LogP contribution in [0.1, 0.15) is 12.8 Å². The Balaban J connectivity index is -0.0000000267. The quantitative estimate of drug-likeness (QED) is 0.384. The first-order valence-corrected chi connectivity index (χ1v) is 1.72. The van der Waals surface area contributed by atoms with E-state index in [1.54, 1.807) is 6.08 Å². The first-order valence-electron chi connectivity index (χ1n) is 1.72. The third-order valence-electron chi connectivity index (χ3n) is 0.371. The molecule has 0 bridgehead atoms. The molecule has 0 saturated heterocycles. The van der Waals surface area contributed by atoms with Gasteiger partial charge in [-0.25, -0.2) is 0 Å². The van der Waals surface area contributed by atoms with Crippen molar-refractivity contribution in [1.29, 1.82) is 0 Å². The van der Waals surface area contributed by atoms with Crippen LogP contribution in [0.4, 0.5) is 0 Å². The largest absolute Gasteiger partial charge is 1.00 e. The maximum absolute atomic E-state index is 5.07. The van der Waals surface area contributed by atoms with Gasteiger partial charge < -0.3 is 17.0 Å². The van der Waals surface area contributed by atoms with E-state index in [0.29, 0.717) is 0 Å². The van der Waals surface area contributed by atoms with E-state index in [1.807, 2.05) is 0 Å². The van der Waals surface area contributed by atoms with Crippen molar-refractivity contribution >= 4 is 18.9 Å². The van der Waals surface area contributed by atoms with Crippen molar-refractivity contribution in [3.8, 4) is 0 Å². The molecule has 0 nitrogen and oxygen atoms in total. The third-order valence-corrected chi connectivity index (χ3v) is 0.371. The van der Waals surface area contributed by atoms with E-state index in [2.05, 4.69) is 6.58 Å². The van der Waals surface area contributed by atoms with Crippen LogP contribution >= 0.6 is 0 Å². The molecule has 3 radical (unpaired) electrons. The average Bonchev–Trinajstić information content (AvgIpc) is 1.41. The summed E-state index contributed by atoms with van der Waals surface area (Å²) in [4.78, 5) is 0. The second kappa shape index (κ2) is 23.7. The molecule has 0 heterocycles. The van der Waals surface area contributed by atoms with Gasteiger partial charge in [0.15, 0.2) is 0 Å². The summed E-state index contributed by atoms with van der Waals surface area (Å²) in [6.07, 6.45) is 3.46. The molecule has 0 aliphatic heterocycles. The first-order chi connectivity index (χ1) is 2.41. The van der Waals surface area contributed by atoms with Crippen LogP contribution in [0.2, 0.25) is 0 Å². The summed E-state index contributed by atoms with van der Waals surface area (Å²) in [7, 11) is 0. The normalized spacial score (nSPS) is 4.62. The Morgan fingerprint density at radius 2 is 1.88 bits per heavy atom. The molecule has 0 unspecified atom stereocenters. The Kier molecular flexibility index (Phi) is 67.3. The van der Waals surface area contributed by atoms with Crippen LogP contribution in [0, 0.1) is 6.92 Å². The summed E-state index contributed by atoms with van der Waals surface area (Å²) >= 11 is 0. The Labute approximate surface area is 87.2 Å². The van der Waals surface area contributed by atoms with Gasteiger partial charge in [0.1, 0.15) is 0 Å². The van der Waals surface area contributed by atoms with Crippen LogP contribution in [0.3, 0.4) is 0 Å². The van der Waals surface area contributed by atoms with Gasteiger partial charge in [-0.3, -0.25) is 0 Å². The molecule has 0 N–H and O–H groups in total. The molecule has 0 atom stereocenters. The third kappa shape index (κ3) is 26.1. The molecule has 0 amide bonds. The fourth-order valence-electron chi connectivity index (χ4n) is 0.118. The minimum atomic E-state index is 0. The molecule has 0 aromatic carbocycles. The van der Waals surface area contributed by atoms with Gasteiger partial charge in [-0.2, -0.15) is 0 Å². The predicted molar refractivity (Wildman–Crippen MR) is 29.5 cm³/mol. The molecule has 3 heteroatoms. The topological polar surface area (TPSA) is 0 Å². The minimum Gasteiger partial charge on any atom is -1.00 e. The van der Waals surface area contributed by atoms with Crippen LogP contribution in [-0.2, 0) is 19.5 Å². The van der Waals surface area contributed by atoms with Gasteiger partial charge in [-0.05, 0) is 19.8 Å².